The van der Waals surface area contributed by atoms with Gasteiger partial charge in [0.2, 0.25) is 0 Å². The Morgan fingerprint density at radius 1 is 0.407 bits per heavy atom. The van der Waals surface area contributed by atoms with Gasteiger partial charge in [-0.05, 0) is 97.0 Å². The topological polar surface area (TPSA) is 29.3 Å². The summed E-state index contributed by atoms with van der Waals surface area (Å²) < 4.78 is 8.00. The van der Waals surface area contributed by atoms with Crippen molar-refractivity contribution in [2.45, 2.75) is 0 Å². The lowest BCUT2D eigenvalue weighted by atomic mass is 9.97. The van der Waals surface area contributed by atoms with E-state index in [0.29, 0.717) is 0 Å². The molecule has 0 amide bonds. The van der Waals surface area contributed by atoms with Crippen molar-refractivity contribution in [3.05, 3.63) is 206 Å². The molecule has 2 heterocycles. The Bertz CT molecular complexity index is 3540. The van der Waals surface area contributed by atoms with E-state index < -0.39 is 0 Å². The summed E-state index contributed by atoms with van der Waals surface area (Å²) in [6, 6.07) is 74.0. The van der Waals surface area contributed by atoms with E-state index in [9.17, 15) is 0 Å². The third-order valence-electron chi connectivity index (χ3n) is 11.7. The average molecular weight is 771 g/mol. The summed E-state index contributed by atoms with van der Waals surface area (Å²) in [6.07, 6.45) is 0. The van der Waals surface area contributed by atoms with E-state index in [0.717, 1.165) is 59.8 Å². The Morgan fingerprint density at radius 3 is 1.85 bits per heavy atom. The first-order chi connectivity index (χ1) is 29.2. The van der Waals surface area contributed by atoms with Crippen molar-refractivity contribution in [1.82, 2.24) is 4.98 Å². The molecule has 59 heavy (non-hydrogen) atoms. The second kappa shape index (κ2) is 13.6. The van der Waals surface area contributed by atoms with Crippen LogP contribution in [-0.2, 0) is 0 Å². The number of thiazole rings is 1. The smallest absolute Gasteiger partial charge is 0.159 e. The predicted molar refractivity (Wildman–Crippen MR) is 250 cm³/mol. The summed E-state index contributed by atoms with van der Waals surface area (Å²) in [5.74, 6) is 0. The first kappa shape index (κ1) is 33.6. The van der Waals surface area contributed by atoms with E-state index in [4.69, 9.17) is 9.40 Å². The Hall–Kier alpha value is -7.53. The van der Waals surface area contributed by atoms with Crippen LogP contribution in [0.5, 0.6) is 0 Å². The van der Waals surface area contributed by atoms with Gasteiger partial charge in [-0.2, -0.15) is 0 Å². The largest absolute Gasteiger partial charge is 0.454 e. The summed E-state index contributed by atoms with van der Waals surface area (Å²) in [5, 5.41) is 10.7. The first-order valence-corrected chi connectivity index (χ1v) is 20.8. The van der Waals surface area contributed by atoms with Crippen molar-refractivity contribution in [2.75, 3.05) is 4.90 Å². The Morgan fingerprint density at radius 2 is 1.03 bits per heavy atom. The van der Waals surface area contributed by atoms with Gasteiger partial charge < -0.3 is 9.32 Å². The van der Waals surface area contributed by atoms with Crippen LogP contribution < -0.4 is 4.90 Å². The highest BCUT2D eigenvalue weighted by Gasteiger charge is 2.21. The van der Waals surface area contributed by atoms with E-state index in [1.165, 1.54) is 54.6 Å². The van der Waals surface area contributed by atoms with Crippen LogP contribution in [0.25, 0.3) is 97.3 Å². The van der Waals surface area contributed by atoms with Gasteiger partial charge in [0.25, 0.3) is 0 Å². The molecule has 276 valence electrons. The number of para-hydroxylation sites is 1. The predicted octanol–water partition coefficient (Wildman–Crippen LogP) is 16.1. The molecule has 0 radical (unpaired) electrons. The maximum atomic E-state index is 6.86. The molecule has 0 aliphatic carbocycles. The van der Waals surface area contributed by atoms with Gasteiger partial charge in [-0.25, -0.2) is 4.98 Å². The highest BCUT2D eigenvalue weighted by molar-refractivity contribution is 7.21. The molecule has 12 rings (SSSR count). The molecule has 2 aromatic heterocycles. The number of hydrogen-bond donors (Lipinski definition) is 0. The van der Waals surface area contributed by atoms with E-state index in [-0.39, 0.29) is 0 Å². The third-order valence-corrected chi connectivity index (χ3v) is 12.7. The van der Waals surface area contributed by atoms with E-state index in [1.807, 2.05) is 6.07 Å². The number of rotatable bonds is 6. The molecule has 0 saturated carbocycles. The zero-order valence-electron chi connectivity index (χ0n) is 31.8. The summed E-state index contributed by atoms with van der Waals surface area (Å²) in [4.78, 5) is 7.34. The molecular formula is C55H34N2OS. The number of furan rings is 1. The molecule has 0 atom stereocenters. The molecule has 0 aliphatic heterocycles. The summed E-state index contributed by atoms with van der Waals surface area (Å²) in [6.45, 7) is 0. The number of aromatic nitrogens is 1. The Labute approximate surface area is 344 Å². The molecule has 3 nitrogen and oxygen atoms in total. The molecule has 0 spiro atoms. The minimum absolute atomic E-state index is 0.829. The van der Waals surface area contributed by atoms with Crippen LogP contribution in [0.4, 0.5) is 17.1 Å². The van der Waals surface area contributed by atoms with Crippen LogP contribution in [0.15, 0.2) is 211 Å². The maximum absolute atomic E-state index is 6.86. The fourth-order valence-electron chi connectivity index (χ4n) is 8.77. The van der Waals surface area contributed by atoms with Crippen molar-refractivity contribution in [3.63, 3.8) is 0 Å². The van der Waals surface area contributed by atoms with E-state index in [2.05, 4.69) is 205 Å². The lowest BCUT2D eigenvalue weighted by Gasteiger charge is -2.26. The normalized spacial score (nSPS) is 11.7. The van der Waals surface area contributed by atoms with Gasteiger partial charge in [-0.3, -0.25) is 0 Å². The van der Waals surface area contributed by atoms with Crippen molar-refractivity contribution in [2.24, 2.45) is 0 Å². The first-order valence-electron chi connectivity index (χ1n) is 19.9. The number of fused-ring (bicyclic) bond motifs is 8. The van der Waals surface area contributed by atoms with Gasteiger partial charge in [0.15, 0.2) is 5.58 Å². The van der Waals surface area contributed by atoms with Crippen molar-refractivity contribution in [1.29, 1.82) is 0 Å². The highest BCUT2D eigenvalue weighted by atomic mass is 32.1. The van der Waals surface area contributed by atoms with E-state index in [1.54, 1.807) is 11.3 Å². The van der Waals surface area contributed by atoms with Crippen LogP contribution in [-0.4, -0.2) is 4.98 Å². The quantitative estimate of drug-likeness (QED) is 0.158. The Kier molecular flexibility index (Phi) is 7.72. The second-order valence-electron chi connectivity index (χ2n) is 15.1. The lowest BCUT2D eigenvalue weighted by Crippen LogP contribution is -2.10. The zero-order chi connectivity index (χ0) is 38.9. The van der Waals surface area contributed by atoms with Gasteiger partial charge in [0, 0.05) is 33.8 Å². The standard InChI is InChI=1S/C55H34N2OS/c1-2-12-39(13-3-1)55-56-50-34-52-49(33-53(50)59-55)48-18-9-19-51(54(48)58-52)57(43-29-24-38(25-30-43)46-17-8-14-36-10-4-6-15-44(36)46)42-27-22-35(23-28-42)40-26-31-47-41(32-40)21-20-37-11-5-7-16-45(37)47/h1-34H. The van der Waals surface area contributed by atoms with Crippen molar-refractivity contribution < 1.29 is 4.42 Å². The number of nitrogens with zero attached hydrogens (tertiary/aromatic N) is 2. The molecule has 12 aromatic rings. The average Bonchev–Trinajstić information content (AvgIpc) is 3.90. The molecule has 4 heteroatoms. The van der Waals surface area contributed by atoms with Gasteiger partial charge in [0.05, 0.1) is 15.9 Å². The minimum atomic E-state index is 0.829. The number of anilines is 3. The highest BCUT2D eigenvalue weighted by Crippen LogP contribution is 2.45. The summed E-state index contributed by atoms with van der Waals surface area (Å²) >= 11 is 1.72. The number of hydrogen-bond acceptors (Lipinski definition) is 4. The SMILES string of the molecule is c1ccc(-c2nc3cc4oc5c(N(c6ccc(-c7ccc8c(ccc9ccccc98)c7)cc6)c6ccc(-c7cccc8ccccc78)cc6)cccc5c4cc3s2)cc1. The second-order valence-corrected chi connectivity index (χ2v) is 16.2. The lowest BCUT2D eigenvalue weighted by molar-refractivity contribution is 0.669. The fraction of sp³-hybridized carbons (Fsp3) is 0. The number of benzene rings is 10. The molecule has 0 saturated heterocycles. The van der Waals surface area contributed by atoms with Gasteiger partial charge in [0.1, 0.15) is 10.6 Å². The van der Waals surface area contributed by atoms with Crippen LogP contribution >= 0.6 is 11.3 Å². The van der Waals surface area contributed by atoms with Crippen molar-refractivity contribution in [3.8, 4) is 32.8 Å². The summed E-state index contributed by atoms with van der Waals surface area (Å²) in [7, 11) is 0. The van der Waals surface area contributed by atoms with Crippen LogP contribution in [0.3, 0.4) is 0 Å². The molecular weight excluding hydrogens is 737 g/mol. The molecule has 0 bridgehead atoms. The monoisotopic (exact) mass is 770 g/mol. The van der Waals surface area contributed by atoms with Crippen LogP contribution in [0.2, 0.25) is 0 Å². The third kappa shape index (κ3) is 5.68. The molecule has 0 unspecified atom stereocenters. The summed E-state index contributed by atoms with van der Waals surface area (Å²) in [5.41, 5.74) is 11.6. The minimum Gasteiger partial charge on any atom is -0.454 e. The molecule has 0 N–H and O–H groups in total. The Balaban J connectivity index is 0.984. The molecule has 0 aliphatic rings. The van der Waals surface area contributed by atoms with Gasteiger partial charge in [-0.15, -0.1) is 11.3 Å². The fourth-order valence-corrected chi connectivity index (χ4v) is 9.77. The van der Waals surface area contributed by atoms with Gasteiger partial charge >= 0.3 is 0 Å². The van der Waals surface area contributed by atoms with Crippen LogP contribution in [0.1, 0.15) is 0 Å². The zero-order valence-corrected chi connectivity index (χ0v) is 32.7. The maximum Gasteiger partial charge on any atom is 0.159 e. The van der Waals surface area contributed by atoms with Gasteiger partial charge in [-0.1, -0.05) is 158 Å². The molecule has 0 fully saturated rings. The van der Waals surface area contributed by atoms with Crippen LogP contribution in [0, 0.1) is 0 Å². The van der Waals surface area contributed by atoms with Crippen molar-refractivity contribution >= 4 is 92.9 Å². The molecule has 10 aromatic carbocycles. The van der Waals surface area contributed by atoms with E-state index >= 15 is 0 Å².